The maximum Gasteiger partial charge on any atom is 0.104 e. The molecule has 18 heavy (non-hydrogen) atoms. The van der Waals surface area contributed by atoms with Crippen molar-refractivity contribution in [3.05, 3.63) is 0 Å². The summed E-state index contributed by atoms with van der Waals surface area (Å²) in [4.78, 5) is 4.70. The molecule has 1 unspecified atom stereocenters. The van der Waals surface area contributed by atoms with Crippen LogP contribution in [0.3, 0.4) is 0 Å². The molecule has 1 N–H and O–H groups in total. The van der Waals surface area contributed by atoms with Gasteiger partial charge in [-0.25, -0.2) is 0 Å². The van der Waals surface area contributed by atoms with Crippen molar-refractivity contribution in [2.45, 2.75) is 65.0 Å². The zero-order valence-electron chi connectivity index (χ0n) is 12.4. The van der Waals surface area contributed by atoms with Gasteiger partial charge in [-0.1, -0.05) is 45.4 Å². The van der Waals surface area contributed by atoms with Crippen LogP contribution in [0.25, 0.3) is 0 Å². The Morgan fingerprint density at radius 2 is 1.44 bits per heavy atom. The molecule has 0 radical (unpaired) electrons. The van der Waals surface area contributed by atoms with E-state index in [0.717, 1.165) is 26.2 Å². The van der Waals surface area contributed by atoms with Gasteiger partial charge in [-0.15, -0.1) is 0 Å². The van der Waals surface area contributed by atoms with Crippen LogP contribution in [0.15, 0.2) is 0 Å². The summed E-state index contributed by atoms with van der Waals surface area (Å²) in [6.45, 7) is 9.68. The third kappa shape index (κ3) is 6.72. The van der Waals surface area contributed by atoms with Crippen LogP contribution in [0, 0.1) is 0 Å². The van der Waals surface area contributed by atoms with E-state index in [1.807, 2.05) is 6.92 Å². The predicted octanol–water partition coefficient (Wildman–Crippen LogP) is 2.69. The number of rotatable bonds is 9. The zero-order chi connectivity index (χ0) is 13.2. The molecule has 3 heteroatoms. The Morgan fingerprint density at radius 1 is 0.889 bits per heavy atom. The molecule has 0 spiro atoms. The number of hydrogen-bond acceptors (Lipinski definition) is 3. The summed E-state index contributed by atoms with van der Waals surface area (Å²) in [7, 11) is 0. The number of nitrogens with zero attached hydrogens (tertiary/aromatic N) is 2. The first kappa shape index (κ1) is 15.9. The van der Waals surface area contributed by atoms with Crippen LogP contribution >= 0.6 is 0 Å². The molecule has 1 atom stereocenters. The van der Waals surface area contributed by atoms with Crippen molar-refractivity contribution >= 4 is 0 Å². The highest BCUT2D eigenvalue weighted by Crippen LogP contribution is 2.09. The van der Waals surface area contributed by atoms with E-state index in [-0.39, 0.29) is 6.23 Å². The lowest BCUT2D eigenvalue weighted by Gasteiger charge is -2.36. The summed E-state index contributed by atoms with van der Waals surface area (Å²) in [5.41, 5.74) is 0. The third-order valence-electron chi connectivity index (χ3n) is 4.01. The van der Waals surface area contributed by atoms with Crippen molar-refractivity contribution in [1.29, 1.82) is 0 Å². The molecule has 1 rings (SSSR count). The molecule has 0 saturated carbocycles. The van der Waals surface area contributed by atoms with Gasteiger partial charge in [0.15, 0.2) is 0 Å². The first-order chi connectivity index (χ1) is 8.74. The van der Waals surface area contributed by atoms with Gasteiger partial charge in [0.25, 0.3) is 0 Å². The topological polar surface area (TPSA) is 26.7 Å². The Labute approximate surface area is 113 Å². The highest BCUT2D eigenvalue weighted by molar-refractivity contribution is 4.72. The quantitative estimate of drug-likeness (QED) is 0.643. The smallest absolute Gasteiger partial charge is 0.104 e. The van der Waals surface area contributed by atoms with Crippen LogP contribution in [-0.4, -0.2) is 53.9 Å². The van der Waals surface area contributed by atoms with Gasteiger partial charge in [-0.05, 0) is 19.9 Å². The second kappa shape index (κ2) is 9.76. The predicted molar refractivity (Wildman–Crippen MR) is 77.7 cm³/mol. The monoisotopic (exact) mass is 256 g/mol. The van der Waals surface area contributed by atoms with E-state index < -0.39 is 0 Å². The largest absolute Gasteiger partial charge is 0.379 e. The maximum atomic E-state index is 9.49. The van der Waals surface area contributed by atoms with E-state index in [1.165, 1.54) is 51.5 Å². The fourth-order valence-corrected chi connectivity index (χ4v) is 2.65. The fraction of sp³-hybridized carbons (Fsp3) is 1.00. The molecule has 0 amide bonds. The molecular weight excluding hydrogens is 224 g/mol. The van der Waals surface area contributed by atoms with Crippen LogP contribution < -0.4 is 0 Å². The molecule has 1 aliphatic rings. The van der Waals surface area contributed by atoms with Gasteiger partial charge in [-0.2, -0.15) is 0 Å². The number of hydrogen-bond donors (Lipinski definition) is 1. The molecule has 1 aliphatic heterocycles. The Morgan fingerprint density at radius 3 is 2.00 bits per heavy atom. The molecule has 1 saturated heterocycles. The summed E-state index contributed by atoms with van der Waals surface area (Å²) < 4.78 is 0. The van der Waals surface area contributed by atoms with Gasteiger partial charge in [-0.3, -0.25) is 4.90 Å². The molecule has 0 aromatic rings. The van der Waals surface area contributed by atoms with Crippen molar-refractivity contribution in [3.63, 3.8) is 0 Å². The summed E-state index contributed by atoms with van der Waals surface area (Å²) in [5, 5.41) is 9.49. The highest BCUT2D eigenvalue weighted by atomic mass is 16.3. The summed E-state index contributed by atoms with van der Waals surface area (Å²) in [6, 6.07) is 0. The van der Waals surface area contributed by atoms with Crippen LogP contribution in [-0.2, 0) is 0 Å². The van der Waals surface area contributed by atoms with Crippen LogP contribution in [0.5, 0.6) is 0 Å². The zero-order valence-corrected chi connectivity index (χ0v) is 12.4. The number of piperazine rings is 1. The Bertz CT molecular complexity index is 189. The van der Waals surface area contributed by atoms with Crippen molar-refractivity contribution in [2.24, 2.45) is 0 Å². The van der Waals surface area contributed by atoms with E-state index in [2.05, 4.69) is 16.7 Å². The van der Waals surface area contributed by atoms with Crippen LogP contribution in [0.4, 0.5) is 0 Å². The van der Waals surface area contributed by atoms with Gasteiger partial charge < -0.3 is 10.0 Å². The molecule has 0 bridgehead atoms. The first-order valence-electron chi connectivity index (χ1n) is 7.88. The Balaban J connectivity index is 1.91. The van der Waals surface area contributed by atoms with Crippen LogP contribution in [0.1, 0.15) is 58.8 Å². The summed E-state index contributed by atoms with van der Waals surface area (Å²) in [5.74, 6) is 0. The van der Waals surface area contributed by atoms with Crippen LogP contribution in [0.2, 0.25) is 0 Å². The normalized spacial score (nSPS) is 20.2. The van der Waals surface area contributed by atoms with Gasteiger partial charge in [0.05, 0.1) is 0 Å². The van der Waals surface area contributed by atoms with Crippen molar-refractivity contribution in [2.75, 3.05) is 32.7 Å². The second-order valence-corrected chi connectivity index (χ2v) is 5.63. The highest BCUT2D eigenvalue weighted by Gasteiger charge is 2.18. The SMILES string of the molecule is CCCCCCCCCN1CCN(C(C)O)CC1. The van der Waals surface area contributed by atoms with E-state index in [1.54, 1.807) is 0 Å². The number of unbranched alkanes of at least 4 members (excludes halogenated alkanes) is 6. The average molecular weight is 256 g/mol. The molecule has 0 aromatic heterocycles. The van der Waals surface area contributed by atoms with Gasteiger partial charge >= 0.3 is 0 Å². The van der Waals surface area contributed by atoms with Crippen molar-refractivity contribution in [1.82, 2.24) is 9.80 Å². The minimum absolute atomic E-state index is 0.272. The van der Waals surface area contributed by atoms with E-state index >= 15 is 0 Å². The maximum absolute atomic E-state index is 9.49. The number of aliphatic hydroxyl groups is 1. The summed E-state index contributed by atoms with van der Waals surface area (Å²) >= 11 is 0. The van der Waals surface area contributed by atoms with Gasteiger partial charge in [0.2, 0.25) is 0 Å². The molecule has 3 nitrogen and oxygen atoms in total. The Kier molecular flexibility index (Phi) is 8.64. The third-order valence-corrected chi connectivity index (χ3v) is 4.01. The standard InChI is InChI=1S/C15H32N2O/c1-3-4-5-6-7-8-9-10-16-11-13-17(14-12-16)15(2)18/h15,18H,3-14H2,1-2H3. The van der Waals surface area contributed by atoms with Crippen molar-refractivity contribution < 1.29 is 5.11 Å². The minimum Gasteiger partial charge on any atom is -0.379 e. The molecule has 1 heterocycles. The van der Waals surface area contributed by atoms with E-state index in [4.69, 9.17) is 0 Å². The molecule has 108 valence electrons. The van der Waals surface area contributed by atoms with Crippen molar-refractivity contribution in [3.8, 4) is 0 Å². The Hall–Kier alpha value is -0.120. The molecular formula is C15H32N2O. The lowest BCUT2D eigenvalue weighted by molar-refractivity contribution is -0.0129. The van der Waals surface area contributed by atoms with Gasteiger partial charge in [0, 0.05) is 26.2 Å². The average Bonchev–Trinajstić information content (AvgIpc) is 2.38. The van der Waals surface area contributed by atoms with E-state index in [9.17, 15) is 5.11 Å². The molecule has 1 fully saturated rings. The second-order valence-electron chi connectivity index (χ2n) is 5.63. The summed E-state index contributed by atoms with van der Waals surface area (Å²) in [6.07, 6.45) is 9.46. The fourth-order valence-electron chi connectivity index (χ4n) is 2.65. The minimum atomic E-state index is -0.272. The number of aliphatic hydroxyl groups excluding tert-OH is 1. The first-order valence-corrected chi connectivity index (χ1v) is 7.88. The molecule has 0 aromatic carbocycles. The lowest BCUT2D eigenvalue weighted by atomic mass is 10.1. The lowest BCUT2D eigenvalue weighted by Crippen LogP contribution is -2.49. The van der Waals surface area contributed by atoms with E-state index in [0.29, 0.717) is 0 Å². The molecule has 0 aliphatic carbocycles. The van der Waals surface area contributed by atoms with Gasteiger partial charge in [0.1, 0.15) is 6.23 Å².